The molecule has 0 unspecified atom stereocenters. The molecule has 0 atom stereocenters. The van der Waals surface area contributed by atoms with E-state index in [9.17, 15) is 0 Å². The average molecular weight is 188 g/mol. The monoisotopic (exact) mass is 188 g/mol. The van der Waals surface area contributed by atoms with Crippen LogP contribution < -0.4 is 0 Å². The number of likely N-dealkylation sites (N-methyl/N-ethyl adjacent to an activating group) is 2. The van der Waals surface area contributed by atoms with Gasteiger partial charge in [-0.25, -0.2) is 0 Å². The van der Waals surface area contributed by atoms with Crippen molar-refractivity contribution in [3.05, 3.63) is 0 Å². The molecule has 0 spiro atoms. The molecule has 0 bridgehead atoms. The molecule has 0 aromatic carbocycles. The molecule has 1 N–H and O–H groups in total. The van der Waals surface area contributed by atoms with Gasteiger partial charge in [-0.15, -0.1) is 0 Å². The SMILES string of the molecule is CN(CCO)CCN(C)C(C)(C)C. The van der Waals surface area contributed by atoms with Gasteiger partial charge in [0, 0.05) is 25.2 Å². The fraction of sp³-hybridized carbons (Fsp3) is 1.00. The Kier molecular flexibility index (Phi) is 5.53. The van der Waals surface area contributed by atoms with E-state index in [1.54, 1.807) is 0 Å². The van der Waals surface area contributed by atoms with Crippen molar-refractivity contribution in [2.75, 3.05) is 40.3 Å². The summed E-state index contributed by atoms with van der Waals surface area (Å²) in [5, 5.41) is 8.71. The Morgan fingerprint density at radius 1 is 1.00 bits per heavy atom. The van der Waals surface area contributed by atoms with Gasteiger partial charge < -0.3 is 14.9 Å². The number of aliphatic hydroxyl groups excluding tert-OH is 1. The van der Waals surface area contributed by atoms with E-state index >= 15 is 0 Å². The highest BCUT2D eigenvalue weighted by molar-refractivity contribution is 4.73. The Bertz CT molecular complexity index is 131. The molecule has 0 aliphatic heterocycles. The van der Waals surface area contributed by atoms with Gasteiger partial charge in [0.1, 0.15) is 0 Å². The summed E-state index contributed by atoms with van der Waals surface area (Å²) in [4.78, 5) is 4.46. The zero-order valence-electron chi connectivity index (χ0n) is 9.67. The van der Waals surface area contributed by atoms with Gasteiger partial charge in [-0.05, 0) is 34.9 Å². The van der Waals surface area contributed by atoms with E-state index in [1.807, 2.05) is 7.05 Å². The summed E-state index contributed by atoms with van der Waals surface area (Å²) < 4.78 is 0. The van der Waals surface area contributed by atoms with Crippen LogP contribution in [0.25, 0.3) is 0 Å². The Labute approximate surface area is 82.3 Å². The van der Waals surface area contributed by atoms with E-state index < -0.39 is 0 Å². The Morgan fingerprint density at radius 3 is 1.92 bits per heavy atom. The molecular weight excluding hydrogens is 164 g/mol. The first-order valence-corrected chi connectivity index (χ1v) is 4.88. The van der Waals surface area contributed by atoms with Crippen molar-refractivity contribution in [3.63, 3.8) is 0 Å². The van der Waals surface area contributed by atoms with Crippen molar-refractivity contribution < 1.29 is 5.11 Å². The van der Waals surface area contributed by atoms with Crippen LogP contribution in [0.3, 0.4) is 0 Å². The van der Waals surface area contributed by atoms with Gasteiger partial charge in [0.05, 0.1) is 6.61 Å². The zero-order valence-corrected chi connectivity index (χ0v) is 9.67. The Balaban J connectivity index is 3.63. The topological polar surface area (TPSA) is 26.7 Å². The standard InChI is InChI=1S/C10H24N2O/c1-10(2,3)12(5)7-6-11(4)8-9-13/h13H,6-9H2,1-5H3. The van der Waals surface area contributed by atoms with Gasteiger partial charge in [-0.3, -0.25) is 0 Å². The van der Waals surface area contributed by atoms with Gasteiger partial charge in [-0.2, -0.15) is 0 Å². The van der Waals surface area contributed by atoms with Crippen LogP contribution in [0.5, 0.6) is 0 Å². The fourth-order valence-corrected chi connectivity index (χ4v) is 0.939. The minimum absolute atomic E-state index is 0.236. The first-order chi connectivity index (χ1) is 5.88. The van der Waals surface area contributed by atoms with Gasteiger partial charge in [0.25, 0.3) is 0 Å². The first kappa shape index (κ1) is 12.9. The highest BCUT2D eigenvalue weighted by Gasteiger charge is 2.16. The first-order valence-electron chi connectivity index (χ1n) is 4.88. The molecule has 80 valence electrons. The number of hydrogen-bond donors (Lipinski definition) is 1. The lowest BCUT2D eigenvalue weighted by Gasteiger charge is -2.33. The molecule has 3 nitrogen and oxygen atoms in total. The smallest absolute Gasteiger partial charge is 0.0558 e. The van der Waals surface area contributed by atoms with Gasteiger partial charge in [0.15, 0.2) is 0 Å². The molecule has 0 aromatic rings. The van der Waals surface area contributed by atoms with E-state index in [1.165, 1.54) is 0 Å². The third kappa shape index (κ3) is 6.02. The lowest BCUT2D eigenvalue weighted by molar-refractivity contribution is 0.145. The Hall–Kier alpha value is -0.120. The number of aliphatic hydroxyl groups is 1. The minimum atomic E-state index is 0.236. The van der Waals surface area contributed by atoms with Crippen LogP contribution in [0.2, 0.25) is 0 Å². The van der Waals surface area contributed by atoms with Crippen molar-refractivity contribution in [2.45, 2.75) is 26.3 Å². The largest absolute Gasteiger partial charge is 0.395 e. The van der Waals surface area contributed by atoms with Crippen molar-refractivity contribution in [3.8, 4) is 0 Å². The molecule has 0 heterocycles. The molecule has 0 aromatic heterocycles. The van der Waals surface area contributed by atoms with Gasteiger partial charge >= 0.3 is 0 Å². The van der Waals surface area contributed by atoms with Crippen molar-refractivity contribution >= 4 is 0 Å². The van der Waals surface area contributed by atoms with E-state index in [-0.39, 0.29) is 12.1 Å². The summed E-state index contributed by atoms with van der Waals surface area (Å²) >= 11 is 0. The quantitative estimate of drug-likeness (QED) is 0.686. The summed E-state index contributed by atoms with van der Waals surface area (Å²) in [7, 11) is 4.17. The highest BCUT2D eigenvalue weighted by atomic mass is 16.3. The second-order valence-corrected chi connectivity index (χ2v) is 4.62. The summed E-state index contributed by atoms with van der Waals surface area (Å²) in [6, 6.07) is 0. The van der Waals surface area contributed by atoms with Crippen LogP contribution in [0.15, 0.2) is 0 Å². The normalized spacial score (nSPS) is 12.9. The summed E-state index contributed by atoms with van der Waals surface area (Å²) in [5.41, 5.74) is 0.236. The molecule has 0 saturated heterocycles. The second-order valence-electron chi connectivity index (χ2n) is 4.62. The van der Waals surface area contributed by atoms with Crippen LogP contribution >= 0.6 is 0 Å². The average Bonchev–Trinajstić information content (AvgIpc) is 1.99. The highest BCUT2D eigenvalue weighted by Crippen LogP contribution is 2.09. The number of hydrogen-bond acceptors (Lipinski definition) is 3. The molecule has 3 heteroatoms. The summed E-state index contributed by atoms with van der Waals surface area (Å²) in [6.45, 7) is 9.68. The number of nitrogens with zero attached hydrogens (tertiary/aromatic N) is 2. The molecule has 0 radical (unpaired) electrons. The summed E-state index contributed by atoms with van der Waals surface area (Å²) in [6.07, 6.45) is 0. The fourth-order valence-electron chi connectivity index (χ4n) is 0.939. The van der Waals surface area contributed by atoms with Gasteiger partial charge in [0.2, 0.25) is 0 Å². The number of rotatable bonds is 5. The van der Waals surface area contributed by atoms with Crippen LogP contribution in [0.1, 0.15) is 20.8 Å². The van der Waals surface area contributed by atoms with Crippen molar-refractivity contribution in [1.29, 1.82) is 0 Å². The maximum Gasteiger partial charge on any atom is 0.0558 e. The minimum Gasteiger partial charge on any atom is -0.395 e. The second kappa shape index (κ2) is 5.58. The van der Waals surface area contributed by atoms with Crippen LogP contribution in [0.4, 0.5) is 0 Å². The van der Waals surface area contributed by atoms with E-state index in [4.69, 9.17) is 5.11 Å². The maximum absolute atomic E-state index is 8.71. The lowest BCUT2D eigenvalue weighted by atomic mass is 10.1. The van der Waals surface area contributed by atoms with E-state index in [0.717, 1.165) is 19.6 Å². The van der Waals surface area contributed by atoms with Crippen LogP contribution in [-0.4, -0.2) is 60.8 Å². The maximum atomic E-state index is 8.71. The molecule has 13 heavy (non-hydrogen) atoms. The third-order valence-corrected chi connectivity index (χ3v) is 2.44. The molecule has 0 rings (SSSR count). The molecule has 0 aliphatic rings. The predicted octanol–water partition coefficient (Wildman–Crippen LogP) is 0.641. The molecule has 0 amide bonds. The third-order valence-electron chi connectivity index (χ3n) is 2.44. The van der Waals surface area contributed by atoms with Crippen LogP contribution in [0, 0.1) is 0 Å². The molecule has 0 saturated carbocycles. The molecule has 0 aliphatic carbocycles. The molecular formula is C10H24N2O. The predicted molar refractivity (Wildman–Crippen MR) is 57.0 cm³/mol. The van der Waals surface area contributed by atoms with Crippen LogP contribution in [-0.2, 0) is 0 Å². The van der Waals surface area contributed by atoms with Crippen molar-refractivity contribution in [2.24, 2.45) is 0 Å². The zero-order chi connectivity index (χ0) is 10.5. The van der Waals surface area contributed by atoms with Gasteiger partial charge in [-0.1, -0.05) is 0 Å². The van der Waals surface area contributed by atoms with Crippen molar-refractivity contribution in [1.82, 2.24) is 9.80 Å². The summed E-state index contributed by atoms with van der Waals surface area (Å²) in [5.74, 6) is 0. The molecule has 0 fully saturated rings. The van der Waals surface area contributed by atoms with E-state index in [0.29, 0.717) is 0 Å². The Morgan fingerprint density at radius 2 is 1.54 bits per heavy atom. The van der Waals surface area contributed by atoms with E-state index in [2.05, 4.69) is 37.6 Å². The lowest BCUT2D eigenvalue weighted by Crippen LogP contribution is -2.42.